The second-order valence-electron chi connectivity index (χ2n) is 14.9. The number of thioether (sulfide) groups is 2. The van der Waals surface area contributed by atoms with Gasteiger partial charge in [0.2, 0.25) is 11.8 Å². The predicted molar refractivity (Wildman–Crippen MR) is 196 cm³/mol. The number of hydrogen-bond acceptors (Lipinski definition) is 12. The molecular formula is C34H50N6O10S2. The summed E-state index contributed by atoms with van der Waals surface area (Å²) < 4.78 is 2.38. The van der Waals surface area contributed by atoms with Gasteiger partial charge in [-0.25, -0.2) is 0 Å². The Morgan fingerprint density at radius 2 is 1.02 bits per heavy atom. The number of rotatable bonds is 12. The molecule has 1 aromatic heterocycles. The van der Waals surface area contributed by atoms with Gasteiger partial charge in [-0.05, 0) is 26.7 Å². The molecule has 18 heteroatoms. The van der Waals surface area contributed by atoms with E-state index in [-0.39, 0.29) is 33.0 Å². The van der Waals surface area contributed by atoms with Gasteiger partial charge >= 0.3 is 11.9 Å². The molecule has 0 spiro atoms. The molecule has 5 heterocycles. The summed E-state index contributed by atoms with van der Waals surface area (Å²) in [5.74, 6) is -7.38. The number of aliphatic carboxylic acids is 2. The van der Waals surface area contributed by atoms with Crippen LogP contribution in [0.5, 0.6) is 0 Å². The van der Waals surface area contributed by atoms with E-state index in [4.69, 9.17) is 0 Å². The zero-order valence-corrected chi connectivity index (χ0v) is 32.2. The lowest BCUT2D eigenvalue weighted by Crippen LogP contribution is -2.59. The maximum Gasteiger partial charge on any atom is 0.311 e. The van der Waals surface area contributed by atoms with Gasteiger partial charge in [0.05, 0.1) is 36.4 Å². The largest absolute Gasteiger partial charge is 0.481 e. The highest BCUT2D eigenvalue weighted by Gasteiger charge is 2.50. The Balaban J connectivity index is 1.77. The number of nitrogens with one attached hydrogen (secondary N) is 2. The fourth-order valence-electron chi connectivity index (χ4n) is 8.33. The van der Waals surface area contributed by atoms with Crippen LogP contribution in [0.1, 0.15) is 52.6 Å². The topological polar surface area (TPSA) is 224 Å². The van der Waals surface area contributed by atoms with E-state index in [9.17, 15) is 39.6 Å². The molecule has 0 aliphatic carbocycles. The summed E-state index contributed by atoms with van der Waals surface area (Å²) in [7, 11) is 6.61. The SMILES string of the molecule is CC(O)C(C(=O)O)C1C(C)C(SC2CNC(C(=O)N(C)C)C2)=c2c(=O)n3c(c(=O)n21)=C(SC1CNC(C(=O)N(C)C)C1)C(C)C3C(C(=O)O)C(C)O. The summed E-state index contributed by atoms with van der Waals surface area (Å²) in [6, 6.07) is -3.30. The number of fused-ring (bicyclic) bond motifs is 2. The third kappa shape index (κ3) is 6.97. The van der Waals surface area contributed by atoms with Gasteiger partial charge < -0.3 is 40.9 Å². The van der Waals surface area contributed by atoms with Gasteiger partial charge in [-0.2, -0.15) is 0 Å². The van der Waals surface area contributed by atoms with Crippen molar-refractivity contribution < 1.29 is 39.6 Å². The quantitative estimate of drug-likeness (QED) is 0.134. The second-order valence-corrected chi connectivity index (χ2v) is 17.6. The van der Waals surface area contributed by atoms with Gasteiger partial charge in [0, 0.05) is 73.4 Å². The van der Waals surface area contributed by atoms with Gasteiger partial charge in [0.1, 0.15) is 22.5 Å². The standard InChI is InChI=1S/C34H50N6O10S2/c1-13-23(21(15(3)41)33(47)48)39-25(27(13)51-17-9-19(35-11-17)29(43)37(5)6)31(45)40-24(22(16(4)42)34(49)50)14(2)28(26(40)32(39)46)52-18-10-20(36-12-18)30(44)38(7)8/h13-24,35-36,41-42H,9-12H2,1-8H3,(H,47,48)(H,49,50). The van der Waals surface area contributed by atoms with Crippen LogP contribution in [0.2, 0.25) is 0 Å². The molecule has 2 fully saturated rings. The van der Waals surface area contributed by atoms with E-state index in [1.54, 1.807) is 42.0 Å². The van der Waals surface area contributed by atoms with Gasteiger partial charge in [-0.3, -0.25) is 37.9 Å². The fraction of sp³-hybridized carbons (Fsp3) is 0.706. The number of aliphatic hydroxyl groups is 2. The molecule has 52 heavy (non-hydrogen) atoms. The lowest BCUT2D eigenvalue weighted by Gasteiger charge is -2.30. The molecule has 1 aromatic rings. The smallest absolute Gasteiger partial charge is 0.311 e. The first kappa shape index (κ1) is 40.0. The number of carbonyl (C=O) groups is 4. The summed E-state index contributed by atoms with van der Waals surface area (Å²) in [4.78, 5) is 84.8. The van der Waals surface area contributed by atoms with Crippen LogP contribution in [-0.2, 0) is 19.2 Å². The van der Waals surface area contributed by atoms with E-state index in [0.717, 1.165) is 0 Å². The number of aliphatic hydroxyl groups excluding tert-OH is 2. The zero-order chi connectivity index (χ0) is 38.7. The van der Waals surface area contributed by atoms with Crippen molar-refractivity contribution in [1.29, 1.82) is 0 Å². The average Bonchev–Trinajstić information content (AvgIpc) is 3.83. The molecule has 288 valence electrons. The number of carbonyl (C=O) groups excluding carboxylic acids is 2. The first-order chi connectivity index (χ1) is 24.3. The molecule has 12 unspecified atom stereocenters. The Hall–Kier alpha value is -3.16. The summed E-state index contributed by atoms with van der Waals surface area (Å²) in [5.41, 5.74) is -1.39. The molecule has 0 bridgehead atoms. The van der Waals surface area contributed by atoms with Gasteiger partial charge in [-0.1, -0.05) is 13.8 Å². The van der Waals surface area contributed by atoms with Crippen LogP contribution in [0.4, 0.5) is 0 Å². The van der Waals surface area contributed by atoms with Gasteiger partial charge in [0.15, 0.2) is 0 Å². The second kappa shape index (κ2) is 15.3. The minimum Gasteiger partial charge on any atom is -0.481 e. The van der Waals surface area contributed by atoms with E-state index in [1.165, 1.54) is 56.3 Å². The Bertz CT molecular complexity index is 1740. The van der Waals surface area contributed by atoms with Crippen molar-refractivity contribution in [3.8, 4) is 0 Å². The summed E-state index contributed by atoms with van der Waals surface area (Å²) in [6.07, 6.45) is -2.01. The maximum absolute atomic E-state index is 15.0. The summed E-state index contributed by atoms with van der Waals surface area (Å²) in [6.45, 7) is 6.86. The Kier molecular flexibility index (Phi) is 11.8. The van der Waals surface area contributed by atoms with Crippen molar-refractivity contribution >= 4 is 57.1 Å². The van der Waals surface area contributed by atoms with Crippen LogP contribution in [0.3, 0.4) is 0 Å². The number of carboxylic acid groups (broad SMARTS) is 2. The molecule has 2 saturated heterocycles. The Morgan fingerprint density at radius 3 is 1.29 bits per heavy atom. The van der Waals surface area contributed by atoms with Crippen molar-refractivity contribution in [3.63, 3.8) is 0 Å². The highest BCUT2D eigenvalue weighted by atomic mass is 32.2. The van der Waals surface area contributed by atoms with E-state index in [1.807, 2.05) is 0 Å². The van der Waals surface area contributed by atoms with Crippen molar-refractivity contribution in [3.05, 3.63) is 31.4 Å². The Labute approximate surface area is 309 Å². The predicted octanol–water partition coefficient (Wildman–Crippen LogP) is -2.12. The zero-order valence-electron chi connectivity index (χ0n) is 30.6. The molecule has 0 aromatic carbocycles. The molecule has 4 aliphatic rings. The number of hydrogen-bond donors (Lipinski definition) is 6. The number of nitrogens with zero attached hydrogens (tertiary/aromatic N) is 4. The molecule has 6 N–H and O–H groups in total. The molecule has 4 aliphatic heterocycles. The third-order valence-corrected chi connectivity index (χ3v) is 13.9. The monoisotopic (exact) mass is 766 g/mol. The number of aromatic nitrogens is 2. The fourth-order valence-corrected chi connectivity index (χ4v) is 11.3. The summed E-state index contributed by atoms with van der Waals surface area (Å²) >= 11 is 2.56. The minimum atomic E-state index is -1.48. The van der Waals surface area contributed by atoms with Crippen LogP contribution in [-0.4, -0.2) is 139 Å². The Morgan fingerprint density at radius 1 is 0.692 bits per heavy atom. The van der Waals surface area contributed by atoms with E-state index in [2.05, 4.69) is 10.6 Å². The average molecular weight is 767 g/mol. The molecule has 16 nitrogen and oxygen atoms in total. The molecule has 12 atom stereocenters. The first-order valence-electron chi connectivity index (χ1n) is 17.5. The van der Waals surface area contributed by atoms with Crippen molar-refractivity contribution in [2.75, 3.05) is 41.3 Å². The number of likely N-dealkylation sites (N-methyl/N-ethyl adjacent to an activating group) is 2. The number of carboxylic acids is 2. The van der Waals surface area contributed by atoms with Crippen molar-refractivity contribution in [2.45, 2.75) is 87.4 Å². The lowest BCUT2D eigenvalue weighted by atomic mass is 9.87. The van der Waals surface area contributed by atoms with Gasteiger partial charge in [-0.15, -0.1) is 23.5 Å². The highest BCUT2D eigenvalue weighted by molar-refractivity contribution is 8.08. The van der Waals surface area contributed by atoms with Crippen LogP contribution in [0.15, 0.2) is 9.59 Å². The third-order valence-electron chi connectivity index (χ3n) is 10.8. The highest BCUT2D eigenvalue weighted by Crippen LogP contribution is 2.46. The molecular weight excluding hydrogens is 717 g/mol. The molecule has 2 amide bonds. The van der Waals surface area contributed by atoms with Gasteiger partial charge in [0.25, 0.3) is 11.1 Å². The lowest BCUT2D eigenvalue weighted by molar-refractivity contribution is -0.149. The van der Waals surface area contributed by atoms with Crippen LogP contribution >= 0.6 is 23.5 Å². The molecule has 0 saturated carbocycles. The minimum absolute atomic E-state index is 0.0807. The molecule has 0 radical (unpaired) electrons. The van der Waals surface area contributed by atoms with Crippen LogP contribution in [0, 0.1) is 23.7 Å². The maximum atomic E-state index is 15.0. The van der Waals surface area contributed by atoms with E-state index in [0.29, 0.717) is 35.7 Å². The van der Waals surface area contributed by atoms with E-state index < -0.39 is 83.1 Å². The molecule has 5 rings (SSSR count). The van der Waals surface area contributed by atoms with Crippen LogP contribution in [0.25, 0.3) is 9.81 Å². The van der Waals surface area contributed by atoms with Crippen molar-refractivity contribution in [2.24, 2.45) is 23.7 Å². The van der Waals surface area contributed by atoms with Crippen LogP contribution < -0.4 is 32.5 Å². The summed E-state index contributed by atoms with van der Waals surface area (Å²) in [5, 5.41) is 48.2. The number of amides is 2. The first-order valence-corrected chi connectivity index (χ1v) is 19.2. The normalized spacial score (nSPS) is 30.4. The van der Waals surface area contributed by atoms with E-state index >= 15 is 9.59 Å². The van der Waals surface area contributed by atoms with Crippen molar-refractivity contribution in [1.82, 2.24) is 29.6 Å².